The van der Waals surface area contributed by atoms with Crippen LogP contribution < -0.4 is 5.73 Å². The molecule has 1 aliphatic carbocycles. The van der Waals surface area contributed by atoms with Crippen LogP contribution >= 0.6 is 0 Å². The van der Waals surface area contributed by atoms with Gasteiger partial charge in [-0.1, -0.05) is 13.8 Å². The summed E-state index contributed by atoms with van der Waals surface area (Å²) in [5, 5.41) is 0. The standard InChI is InChI=1S/C8H15NO/c1-5(2)8(10)7(9)6-3-4-6/h5-7H,3-4,9H2,1-2H3. The van der Waals surface area contributed by atoms with Crippen LogP contribution in [0, 0.1) is 11.8 Å². The van der Waals surface area contributed by atoms with Crippen molar-refractivity contribution in [3.05, 3.63) is 0 Å². The SMILES string of the molecule is CC(C)C(=O)C(N)C1CC1. The largest absolute Gasteiger partial charge is 0.321 e. The maximum Gasteiger partial charge on any atom is 0.152 e. The highest BCUT2D eigenvalue weighted by atomic mass is 16.1. The molecular weight excluding hydrogens is 126 g/mol. The molecular formula is C8H15NO. The number of hydrogen-bond donors (Lipinski definition) is 1. The Morgan fingerprint density at radius 2 is 2.00 bits per heavy atom. The zero-order chi connectivity index (χ0) is 7.72. The van der Waals surface area contributed by atoms with E-state index in [0.717, 1.165) is 12.8 Å². The Hall–Kier alpha value is -0.370. The molecule has 2 heteroatoms. The summed E-state index contributed by atoms with van der Waals surface area (Å²) in [7, 11) is 0. The van der Waals surface area contributed by atoms with E-state index in [1.54, 1.807) is 0 Å². The quantitative estimate of drug-likeness (QED) is 0.636. The minimum Gasteiger partial charge on any atom is -0.321 e. The van der Waals surface area contributed by atoms with Gasteiger partial charge in [-0.3, -0.25) is 4.79 Å². The van der Waals surface area contributed by atoms with Gasteiger partial charge in [-0.2, -0.15) is 0 Å². The van der Waals surface area contributed by atoms with E-state index in [1.807, 2.05) is 13.8 Å². The highest BCUT2D eigenvalue weighted by Crippen LogP contribution is 2.32. The van der Waals surface area contributed by atoms with Crippen molar-refractivity contribution in [3.8, 4) is 0 Å². The first-order chi connectivity index (χ1) is 4.63. The lowest BCUT2D eigenvalue weighted by atomic mass is 9.99. The first kappa shape index (κ1) is 7.73. The van der Waals surface area contributed by atoms with Crippen molar-refractivity contribution >= 4 is 5.78 Å². The number of nitrogens with two attached hydrogens (primary N) is 1. The molecule has 1 unspecified atom stereocenters. The van der Waals surface area contributed by atoms with Crippen molar-refractivity contribution in [3.63, 3.8) is 0 Å². The summed E-state index contributed by atoms with van der Waals surface area (Å²) >= 11 is 0. The summed E-state index contributed by atoms with van der Waals surface area (Å²) in [5.74, 6) is 0.841. The van der Waals surface area contributed by atoms with Gasteiger partial charge in [0.25, 0.3) is 0 Å². The van der Waals surface area contributed by atoms with Crippen LogP contribution in [-0.2, 0) is 4.79 Å². The number of Topliss-reactive ketones (excluding diaryl/α,β-unsaturated/α-hetero) is 1. The molecule has 1 rings (SSSR count). The molecule has 1 fully saturated rings. The van der Waals surface area contributed by atoms with Crippen LogP contribution in [0.3, 0.4) is 0 Å². The number of ketones is 1. The van der Waals surface area contributed by atoms with E-state index in [-0.39, 0.29) is 17.7 Å². The van der Waals surface area contributed by atoms with Crippen molar-refractivity contribution in [1.82, 2.24) is 0 Å². The number of rotatable bonds is 3. The Balaban J connectivity index is 2.38. The third-order valence-corrected chi connectivity index (χ3v) is 2.03. The normalized spacial score (nSPS) is 21.2. The molecule has 2 nitrogen and oxygen atoms in total. The van der Waals surface area contributed by atoms with E-state index >= 15 is 0 Å². The predicted molar refractivity (Wildman–Crippen MR) is 40.5 cm³/mol. The van der Waals surface area contributed by atoms with Gasteiger partial charge in [-0.15, -0.1) is 0 Å². The summed E-state index contributed by atoms with van der Waals surface area (Å²) in [6.45, 7) is 3.81. The first-order valence-electron chi connectivity index (χ1n) is 3.92. The zero-order valence-corrected chi connectivity index (χ0v) is 6.63. The fraction of sp³-hybridized carbons (Fsp3) is 0.875. The summed E-state index contributed by atoms with van der Waals surface area (Å²) < 4.78 is 0. The van der Waals surface area contributed by atoms with E-state index in [1.165, 1.54) is 0 Å². The monoisotopic (exact) mass is 141 g/mol. The molecule has 10 heavy (non-hydrogen) atoms. The van der Waals surface area contributed by atoms with Crippen molar-refractivity contribution < 1.29 is 4.79 Å². The third kappa shape index (κ3) is 1.57. The Kier molecular flexibility index (Phi) is 2.09. The second kappa shape index (κ2) is 2.70. The van der Waals surface area contributed by atoms with Crippen molar-refractivity contribution in [2.75, 3.05) is 0 Å². The second-order valence-electron chi connectivity index (χ2n) is 3.42. The number of carbonyl (C=O) groups excluding carboxylic acids is 1. The molecule has 0 heterocycles. The summed E-state index contributed by atoms with van der Waals surface area (Å²) in [6.07, 6.45) is 2.30. The summed E-state index contributed by atoms with van der Waals surface area (Å²) in [5.41, 5.74) is 5.67. The molecule has 1 atom stereocenters. The molecule has 0 aromatic carbocycles. The second-order valence-corrected chi connectivity index (χ2v) is 3.42. The topological polar surface area (TPSA) is 43.1 Å². The van der Waals surface area contributed by atoms with Gasteiger partial charge in [0, 0.05) is 5.92 Å². The molecule has 1 saturated carbocycles. The van der Waals surface area contributed by atoms with E-state index in [4.69, 9.17) is 5.73 Å². The highest BCUT2D eigenvalue weighted by Gasteiger charge is 2.33. The van der Waals surface area contributed by atoms with Gasteiger partial charge < -0.3 is 5.73 Å². The van der Waals surface area contributed by atoms with Gasteiger partial charge in [0.05, 0.1) is 6.04 Å². The van der Waals surface area contributed by atoms with E-state index in [9.17, 15) is 4.79 Å². The van der Waals surface area contributed by atoms with Gasteiger partial charge in [0.1, 0.15) is 0 Å². The molecule has 58 valence electrons. The Labute approximate surface area is 61.8 Å². The van der Waals surface area contributed by atoms with Gasteiger partial charge in [-0.25, -0.2) is 0 Å². The molecule has 0 saturated heterocycles. The average molecular weight is 141 g/mol. The van der Waals surface area contributed by atoms with Crippen molar-refractivity contribution in [1.29, 1.82) is 0 Å². The van der Waals surface area contributed by atoms with Crippen LogP contribution in [0.4, 0.5) is 0 Å². The Morgan fingerprint density at radius 3 is 2.30 bits per heavy atom. The summed E-state index contributed by atoms with van der Waals surface area (Å²) in [4.78, 5) is 11.2. The lowest BCUT2D eigenvalue weighted by molar-refractivity contribution is -0.123. The molecule has 2 N–H and O–H groups in total. The molecule has 0 aromatic heterocycles. The maximum atomic E-state index is 11.2. The van der Waals surface area contributed by atoms with Crippen LogP contribution in [0.2, 0.25) is 0 Å². The smallest absolute Gasteiger partial charge is 0.152 e. The van der Waals surface area contributed by atoms with E-state index in [2.05, 4.69) is 0 Å². The van der Waals surface area contributed by atoms with Gasteiger partial charge in [0.2, 0.25) is 0 Å². The Morgan fingerprint density at radius 1 is 1.50 bits per heavy atom. The van der Waals surface area contributed by atoms with Gasteiger partial charge >= 0.3 is 0 Å². The molecule has 0 bridgehead atoms. The molecule has 0 spiro atoms. The lowest BCUT2D eigenvalue weighted by Crippen LogP contribution is -2.35. The van der Waals surface area contributed by atoms with Crippen LogP contribution in [0.5, 0.6) is 0 Å². The zero-order valence-electron chi connectivity index (χ0n) is 6.63. The van der Waals surface area contributed by atoms with Crippen LogP contribution in [0.1, 0.15) is 26.7 Å². The fourth-order valence-electron chi connectivity index (χ4n) is 1.07. The van der Waals surface area contributed by atoms with Gasteiger partial charge in [0.15, 0.2) is 5.78 Å². The van der Waals surface area contributed by atoms with Crippen molar-refractivity contribution in [2.24, 2.45) is 17.6 Å². The molecule has 1 aliphatic rings. The maximum absolute atomic E-state index is 11.2. The van der Waals surface area contributed by atoms with Crippen molar-refractivity contribution in [2.45, 2.75) is 32.7 Å². The fourth-order valence-corrected chi connectivity index (χ4v) is 1.07. The molecule has 0 aromatic rings. The molecule has 0 aliphatic heterocycles. The first-order valence-corrected chi connectivity index (χ1v) is 3.92. The number of carbonyl (C=O) groups is 1. The molecule has 0 amide bonds. The van der Waals surface area contributed by atoms with E-state index < -0.39 is 0 Å². The predicted octanol–water partition coefficient (Wildman–Crippen LogP) is 0.949. The van der Waals surface area contributed by atoms with Crippen LogP contribution in [0.15, 0.2) is 0 Å². The van der Waals surface area contributed by atoms with Crippen LogP contribution in [0.25, 0.3) is 0 Å². The van der Waals surface area contributed by atoms with E-state index in [0.29, 0.717) is 5.92 Å². The highest BCUT2D eigenvalue weighted by molar-refractivity contribution is 5.86. The average Bonchev–Trinajstić information content (AvgIpc) is 2.65. The minimum atomic E-state index is -0.167. The van der Waals surface area contributed by atoms with Gasteiger partial charge in [-0.05, 0) is 18.8 Å². The molecule has 0 radical (unpaired) electrons. The third-order valence-electron chi connectivity index (χ3n) is 2.03. The minimum absolute atomic E-state index is 0.107. The lowest BCUT2D eigenvalue weighted by Gasteiger charge is -2.10. The summed E-state index contributed by atoms with van der Waals surface area (Å²) in [6, 6.07) is -0.167. The Bertz CT molecular complexity index is 138. The number of hydrogen-bond acceptors (Lipinski definition) is 2. The van der Waals surface area contributed by atoms with Crippen LogP contribution in [-0.4, -0.2) is 11.8 Å².